The van der Waals surface area contributed by atoms with Gasteiger partial charge in [0.2, 0.25) is 5.91 Å². The van der Waals surface area contributed by atoms with Crippen LogP contribution in [0, 0.1) is 12.8 Å². The van der Waals surface area contributed by atoms with Gasteiger partial charge in [0.1, 0.15) is 11.8 Å². The molecule has 2 amide bonds. The standard InChI is InChI=1S/C14H18N2O5/c1-8-10(5-6-21-8)13(18)16-7-9(12(17)15-2)3-4-11(16)14(19)20/h5-6,9,11H,3-4,7H2,1-2H3,(H,15,17)(H,19,20)/t9-,11-/m0/s1. The van der Waals surface area contributed by atoms with E-state index in [1.54, 1.807) is 6.92 Å². The number of nitrogens with one attached hydrogen (secondary N) is 1. The molecule has 1 fully saturated rings. The molecule has 7 heteroatoms. The fourth-order valence-corrected chi connectivity index (χ4v) is 2.63. The molecule has 2 atom stereocenters. The number of carboxylic acid groups (broad SMARTS) is 1. The van der Waals surface area contributed by atoms with Crippen LogP contribution in [-0.4, -0.2) is 47.4 Å². The number of carboxylic acids is 1. The molecule has 1 aliphatic heterocycles. The van der Waals surface area contributed by atoms with E-state index in [4.69, 9.17) is 4.42 Å². The monoisotopic (exact) mass is 294 g/mol. The second-order valence-corrected chi connectivity index (χ2v) is 5.09. The maximum Gasteiger partial charge on any atom is 0.326 e. The topological polar surface area (TPSA) is 99.9 Å². The van der Waals surface area contributed by atoms with Crippen molar-refractivity contribution >= 4 is 17.8 Å². The number of carbonyl (C=O) groups excluding carboxylic acids is 2. The van der Waals surface area contributed by atoms with E-state index in [1.807, 2.05) is 0 Å². The summed E-state index contributed by atoms with van der Waals surface area (Å²) in [5.41, 5.74) is 0.332. The molecular weight excluding hydrogens is 276 g/mol. The number of nitrogens with zero attached hydrogens (tertiary/aromatic N) is 1. The first-order valence-corrected chi connectivity index (χ1v) is 6.75. The summed E-state index contributed by atoms with van der Waals surface area (Å²) in [4.78, 5) is 36.9. The molecule has 0 radical (unpaired) electrons. The zero-order valence-electron chi connectivity index (χ0n) is 12.0. The highest BCUT2D eigenvalue weighted by molar-refractivity contribution is 5.98. The lowest BCUT2D eigenvalue weighted by atomic mass is 9.91. The predicted octanol–water partition coefficient (Wildman–Crippen LogP) is 0.639. The zero-order valence-corrected chi connectivity index (χ0v) is 12.0. The summed E-state index contributed by atoms with van der Waals surface area (Å²) in [5, 5.41) is 11.8. The van der Waals surface area contributed by atoms with Gasteiger partial charge in [-0.15, -0.1) is 0 Å². The van der Waals surface area contributed by atoms with Crippen LogP contribution < -0.4 is 5.32 Å². The lowest BCUT2D eigenvalue weighted by molar-refractivity contribution is -0.145. The summed E-state index contributed by atoms with van der Waals surface area (Å²) in [6.07, 6.45) is 2.10. The fraction of sp³-hybridized carbons (Fsp3) is 0.500. The van der Waals surface area contributed by atoms with E-state index in [0.29, 0.717) is 17.7 Å². The summed E-state index contributed by atoms with van der Waals surface area (Å²) >= 11 is 0. The molecule has 7 nitrogen and oxygen atoms in total. The molecule has 0 aliphatic carbocycles. The molecule has 21 heavy (non-hydrogen) atoms. The minimum Gasteiger partial charge on any atom is -0.480 e. The quantitative estimate of drug-likeness (QED) is 0.852. The minimum atomic E-state index is -1.06. The van der Waals surface area contributed by atoms with Gasteiger partial charge in [-0.3, -0.25) is 9.59 Å². The Kier molecular flexibility index (Phi) is 4.30. The van der Waals surface area contributed by atoms with Gasteiger partial charge in [-0.1, -0.05) is 0 Å². The Balaban J connectivity index is 2.26. The number of hydrogen-bond donors (Lipinski definition) is 2. The Hall–Kier alpha value is -2.31. The van der Waals surface area contributed by atoms with E-state index in [1.165, 1.54) is 24.3 Å². The minimum absolute atomic E-state index is 0.0973. The third-order valence-corrected chi connectivity index (χ3v) is 3.83. The van der Waals surface area contributed by atoms with E-state index in [-0.39, 0.29) is 24.8 Å². The molecule has 1 saturated heterocycles. The smallest absolute Gasteiger partial charge is 0.326 e. The van der Waals surface area contributed by atoms with Crippen molar-refractivity contribution in [1.82, 2.24) is 10.2 Å². The Morgan fingerprint density at radius 2 is 2.10 bits per heavy atom. The number of furan rings is 1. The highest BCUT2D eigenvalue weighted by atomic mass is 16.4. The average Bonchev–Trinajstić information content (AvgIpc) is 2.91. The van der Waals surface area contributed by atoms with Gasteiger partial charge in [0.25, 0.3) is 5.91 Å². The second kappa shape index (κ2) is 5.99. The normalized spacial score (nSPS) is 21.9. The van der Waals surface area contributed by atoms with Crippen LogP contribution in [0.1, 0.15) is 29.0 Å². The number of aryl methyl sites for hydroxylation is 1. The highest BCUT2D eigenvalue weighted by Crippen LogP contribution is 2.25. The Labute approximate surface area is 121 Å². The first-order chi connectivity index (χ1) is 9.95. The molecule has 1 aliphatic rings. The van der Waals surface area contributed by atoms with Crippen molar-refractivity contribution in [2.45, 2.75) is 25.8 Å². The molecule has 2 rings (SSSR count). The SMILES string of the molecule is CNC(=O)[C@H]1CC[C@@H](C(=O)O)N(C(=O)c2ccoc2C)C1. The van der Waals surface area contributed by atoms with Crippen LogP contribution in [0.25, 0.3) is 0 Å². The Bertz CT molecular complexity index is 565. The molecule has 0 aromatic carbocycles. The molecule has 0 saturated carbocycles. The second-order valence-electron chi connectivity index (χ2n) is 5.09. The lowest BCUT2D eigenvalue weighted by Gasteiger charge is -2.36. The number of amides is 2. The highest BCUT2D eigenvalue weighted by Gasteiger charge is 2.39. The van der Waals surface area contributed by atoms with Crippen LogP contribution in [0.15, 0.2) is 16.7 Å². The number of carbonyl (C=O) groups is 3. The number of hydrogen-bond acceptors (Lipinski definition) is 4. The molecular formula is C14H18N2O5. The van der Waals surface area contributed by atoms with Crippen molar-refractivity contribution in [3.63, 3.8) is 0 Å². The van der Waals surface area contributed by atoms with E-state index in [9.17, 15) is 19.5 Å². The van der Waals surface area contributed by atoms with E-state index >= 15 is 0 Å². The van der Waals surface area contributed by atoms with E-state index in [0.717, 1.165) is 0 Å². The predicted molar refractivity (Wildman–Crippen MR) is 72.7 cm³/mol. The van der Waals surface area contributed by atoms with Crippen LogP contribution in [-0.2, 0) is 9.59 Å². The van der Waals surface area contributed by atoms with Gasteiger partial charge < -0.3 is 19.7 Å². The summed E-state index contributed by atoms with van der Waals surface area (Å²) in [5.74, 6) is -1.60. The van der Waals surface area contributed by atoms with Gasteiger partial charge >= 0.3 is 5.97 Å². The molecule has 2 heterocycles. The number of piperidine rings is 1. The Morgan fingerprint density at radius 3 is 2.62 bits per heavy atom. The van der Waals surface area contributed by atoms with Gasteiger partial charge in [-0.05, 0) is 25.8 Å². The van der Waals surface area contributed by atoms with Crippen molar-refractivity contribution in [2.75, 3.05) is 13.6 Å². The van der Waals surface area contributed by atoms with Gasteiger partial charge in [0.05, 0.1) is 17.7 Å². The van der Waals surface area contributed by atoms with Crippen molar-refractivity contribution in [2.24, 2.45) is 5.92 Å². The zero-order chi connectivity index (χ0) is 15.6. The summed E-state index contributed by atoms with van der Waals surface area (Å²) in [7, 11) is 1.53. The molecule has 0 spiro atoms. The van der Waals surface area contributed by atoms with Crippen LogP contribution in [0.3, 0.4) is 0 Å². The first kappa shape index (κ1) is 15.1. The molecule has 2 N–H and O–H groups in total. The van der Waals surface area contributed by atoms with Gasteiger partial charge in [0.15, 0.2) is 0 Å². The van der Waals surface area contributed by atoms with Gasteiger partial charge in [-0.25, -0.2) is 4.79 Å². The number of rotatable bonds is 3. The third-order valence-electron chi connectivity index (χ3n) is 3.83. The molecule has 1 aromatic heterocycles. The number of aliphatic carboxylic acids is 1. The molecule has 114 valence electrons. The van der Waals surface area contributed by atoms with Crippen LogP contribution in [0.5, 0.6) is 0 Å². The maximum atomic E-state index is 12.5. The largest absolute Gasteiger partial charge is 0.480 e. The van der Waals surface area contributed by atoms with Crippen LogP contribution >= 0.6 is 0 Å². The van der Waals surface area contributed by atoms with Crippen molar-refractivity contribution < 1.29 is 23.9 Å². The lowest BCUT2D eigenvalue weighted by Crippen LogP contribution is -2.53. The molecule has 0 unspecified atom stereocenters. The average molecular weight is 294 g/mol. The van der Waals surface area contributed by atoms with Gasteiger partial charge in [0, 0.05) is 13.6 Å². The summed E-state index contributed by atoms with van der Waals surface area (Å²) in [6, 6.07) is 0.604. The van der Waals surface area contributed by atoms with E-state index < -0.39 is 17.9 Å². The van der Waals surface area contributed by atoms with Crippen LogP contribution in [0.2, 0.25) is 0 Å². The van der Waals surface area contributed by atoms with Crippen molar-refractivity contribution in [3.05, 3.63) is 23.7 Å². The van der Waals surface area contributed by atoms with E-state index in [2.05, 4.69) is 5.32 Å². The Morgan fingerprint density at radius 1 is 1.38 bits per heavy atom. The van der Waals surface area contributed by atoms with Gasteiger partial charge in [-0.2, -0.15) is 0 Å². The fourth-order valence-electron chi connectivity index (χ4n) is 2.63. The summed E-state index contributed by atoms with van der Waals surface area (Å²) < 4.78 is 5.09. The number of likely N-dealkylation sites (tertiary alicyclic amines) is 1. The first-order valence-electron chi connectivity index (χ1n) is 6.75. The van der Waals surface area contributed by atoms with Crippen LogP contribution in [0.4, 0.5) is 0 Å². The molecule has 1 aromatic rings. The van der Waals surface area contributed by atoms with Crippen molar-refractivity contribution in [3.8, 4) is 0 Å². The van der Waals surface area contributed by atoms with Crippen molar-refractivity contribution in [1.29, 1.82) is 0 Å². The third kappa shape index (κ3) is 2.91. The molecule has 0 bridgehead atoms. The summed E-state index contributed by atoms with van der Waals surface area (Å²) in [6.45, 7) is 1.74. The maximum absolute atomic E-state index is 12.5.